The molecule has 0 aliphatic carbocycles. The van der Waals surface area contributed by atoms with Gasteiger partial charge in [0.05, 0.1) is 12.9 Å². The molecule has 2 aromatic heterocycles. The fraction of sp³-hybridized carbons (Fsp3) is 0.294. The maximum atomic E-state index is 12.3. The summed E-state index contributed by atoms with van der Waals surface area (Å²) in [6.07, 6.45) is -3.54. The number of benzene rings is 1. The van der Waals surface area contributed by atoms with Crippen LogP contribution in [0.1, 0.15) is 16.6 Å². The van der Waals surface area contributed by atoms with Gasteiger partial charge in [0.1, 0.15) is 18.3 Å². The topological polar surface area (TPSA) is 163 Å². The number of ether oxygens (including phenoxy) is 1. The van der Waals surface area contributed by atoms with Crippen LogP contribution in [0.15, 0.2) is 41.5 Å². The van der Waals surface area contributed by atoms with E-state index in [1.807, 2.05) is 0 Å². The van der Waals surface area contributed by atoms with E-state index >= 15 is 0 Å². The Balaban J connectivity index is 1.69. The van der Waals surface area contributed by atoms with Crippen molar-refractivity contribution >= 4 is 23.0 Å². The number of imidazole rings is 1. The van der Waals surface area contributed by atoms with Crippen LogP contribution in [0.3, 0.4) is 0 Å². The first kappa shape index (κ1) is 18.3. The lowest BCUT2D eigenvalue weighted by Crippen LogP contribution is -2.33. The molecule has 1 amide bonds. The van der Waals surface area contributed by atoms with Crippen molar-refractivity contribution in [1.29, 1.82) is 0 Å². The third-order valence-electron chi connectivity index (χ3n) is 4.49. The second-order valence-corrected chi connectivity index (χ2v) is 6.29. The zero-order chi connectivity index (χ0) is 19.8. The third-order valence-corrected chi connectivity index (χ3v) is 4.49. The summed E-state index contributed by atoms with van der Waals surface area (Å²) in [5, 5.41) is 31.9. The van der Waals surface area contributed by atoms with Crippen LogP contribution in [0.2, 0.25) is 0 Å². The Morgan fingerprint density at radius 3 is 2.68 bits per heavy atom. The zero-order valence-corrected chi connectivity index (χ0v) is 14.4. The summed E-state index contributed by atoms with van der Waals surface area (Å²) in [6, 6.07) is 8.38. The van der Waals surface area contributed by atoms with Crippen LogP contribution >= 0.6 is 0 Å². The van der Waals surface area contributed by atoms with Gasteiger partial charge in [0, 0.05) is 5.56 Å². The molecule has 0 radical (unpaired) electrons. The van der Waals surface area contributed by atoms with E-state index in [1.165, 1.54) is 10.9 Å². The van der Waals surface area contributed by atoms with Gasteiger partial charge in [-0.05, 0) is 12.1 Å². The summed E-state index contributed by atoms with van der Waals surface area (Å²) in [4.78, 5) is 35.2. The minimum absolute atomic E-state index is 0.0320. The van der Waals surface area contributed by atoms with Crippen molar-refractivity contribution in [2.75, 3.05) is 11.9 Å². The van der Waals surface area contributed by atoms with Crippen molar-refractivity contribution in [1.82, 2.24) is 19.5 Å². The monoisotopic (exact) mass is 387 g/mol. The van der Waals surface area contributed by atoms with Gasteiger partial charge >= 0.3 is 0 Å². The van der Waals surface area contributed by atoms with Gasteiger partial charge < -0.3 is 20.1 Å². The van der Waals surface area contributed by atoms with Crippen molar-refractivity contribution in [2.24, 2.45) is 0 Å². The molecule has 1 saturated heterocycles. The predicted octanol–water partition coefficient (Wildman–Crippen LogP) is -1.02. The second kappa shape index (κ2) is 7.13. The Labute approximate surface area is 157 Å². The lowest BCUT2D eigenvalue weighted by atomic mass is 10.1. The highest BCUT2D eigenvalue weighted by Gasteiger charge is 2.44. The number of carbonyl (C=O) groups is 1. The quantitative estimate of drug-likeness (QED) is 0.380. The Bertz CT molecular complexity index is 1060. The maximum Gasteiger partial charge on any atom is 0.280 e. The molecule has 28 heavy (non-hydrogen) atoms. The van der Waals surface area contributed by atoms with E-state index in [-0.39, 0.29) is 17.1 Å². The van der Waals surface area contributed by atoms with E-state index in [2.05, 4.69) is 20.3 Å². The number of aliphatic hydroxyl groups is 3. The highest BCUT2D eigenvalue weighted by molar-refractivity contribution is 6.03. The van der Waals surface area contributed by atoms with Crippen LogP contribution in [0, 0.1) is 0 Å². The number of aromatic amines is 1. The van der Waals surface area contributed by atoms with Gasteiger partial charge in [-0.3, -0.25) is 24.5 Å². The van der Waals surface area contributed by atoms with Crippen molar-refractivity contribution < 1.29 is 24.9 Å². The molecule has 4 rings (SSSR count). The number of anilines is 1. The molecule has 1 aromatic carbocycles. The smallest absolute Gasteiger partial charge is 0.280 e. The first-order chi connectivity index (χ1) is 13.5. The molecule has 0 spiro atoms. The molecule has 5 N–H and O–H groups in total. The van der Waals surface area contributed by atoms with E-state index in [9.17, 15) is 24.9 Å². The number of aromatic nitrogens is 4. The zero-order valence-electron chi connectivity index (χ0n) is 14.4. The molecule has 1 aliphatic heterocycles. The van der Waals surface area contributed by atoms with Crippen LogP contribution in [-0.2, 0) is 4.74 Å². The summed E-state index contributed by atoms with van der Waals surface area (Å²) in [7, 11) is 0. The summed E-state index contributed by atoms with van der Waals surface area (Å²) in [5.74, 6) is -0.582. The van der Waals surface area contributed by atoms with Gasteiger partial charge in [0.25, 0.3) is 11.5 Å². The van der Waals surface area contributed by atoms with Crippen LogP contribution < -0.4 is 10.9 Å². The number of carbonyl (C=O) groups excluding carboxylic acids is 1. The van der Waals surface area contributed by atoms with Crippen LogP contribution in [0.25, 0.3) is 11.2 Å². The van der Waals surface area contributed by atoms with E-state index in [0.717, 1.165) is 0 Å². The molecule has 1 fully saturated rings. The molecule has 0 saturated carbocycles. The molecule has 3 aromatic rings. The summed E-state index contributed by atoms with van der Waals surface area (Å²) in [6.45, 7) is -0.492. The fourth-order valence-electron chi connectivity index (χ4n) is 3.05. The number of nitrogens with one attached hydrogen (secondary N) is 2. The van der Waals surface area contributed by atoms with Crippen LogP contribution in [0.4, 0.5) is 5.95 Å². The Morgan fingerprint density at radius 1 is 1.25 bits per heavy atom. The molecule has 0 unspecified atom stereocenters. The van der Waals surface area contributed by atoms with Gasteiger partial charge in [-0.25, -0.2) is 4.98 Å². The van der Waals surface area contributed by atoms with E-state index < -0.39 is 42.6 Å². The highest BCUT2D eigenvalue weighted by Crippen LogP contribution is 2.30. The summed E-state index contributed by atoms with van der Waals surface area (Å²) in [5.41, 5.74) is -0.210. The highest BCUT2D eigenvalue weighted by atomic mass is 16.6. The number of nitrogens with zero attached hydrogens (tertiary/aromatic N) is 3. The molecule has 4 atom stereocenters. The lowest BCUT2D eigenvalue weighted by molar-refractivity contribution is -0.0511. The van der Waals surface area contributed by atoms with Gasteiger partial charge in [-0.2, -0.15) is 4.98 Å². The standard InChI is InChI=1S/C17H17N5O6/c23-6-9-11(24)12(25)16(28-9)22-7-18-10-13(22)19-17(21-15(10)27)20-14(26)8-4-2-1-3-5-8/h1-5,7,9,11-12,16,23-25H,6H2,(H2,19,20,21,26,27)/t9-,11+,12+,16+/m0/s1. The van der Waals surface area contributed by atoms with E-state index in [0.29, 0.717) is 5.56 Å². The van der Waals surface area contributed by atoms with Crippen LogP contribution in [0.5, 0.6) is 0 Å². The molecule has 146 valence electrons. The summed E-state index contributed by atoms with van der Waals surface area (Å²) < 4.78 is 6.72. The normalized spacial score (nSPS) is 24.5. The summed E-state index contributed by atoms with van der Waals surface area (Å²) >= 11 is 0. The Kier molecular flexibility index (Phi) is 4.65. The molecule has 11 nitrogen and oxygen atoms in total. The predicted molar refractivity (Wildman–Crippen MR) is 95.6 cm³/mol. The second-order valence-electron chi connectivity index (χ2n) is 6.29. The molecule has 11 heteroatoms. The fourth-order valence-corrected chi connectivity index (χ4v) is 3.05. The van der Waals surface area contributed by atoms with Gasteiger partial charge in [0.2, 0.25) is 5.95 Å². The number of H-pyrrole nitrogens is 1. The third kappa shape index (κ3) is 3.05. The molecular formula is C17H17N5O6. The number of amides is 1. The molecule has 0 bridgehead atoms. The van der Waals surface area contributed by atoms with Gasteiger partial charge in [-0.15, -0.1) is 0 Å². The minimum Gasteiger partial charge on any atom is -0.394 e. The molecule has 3 heterocycles. The largest absolute Gasteiger partial charge is 0.394 e. The SMILES string of the molecule is O=C(Nc1nc2c(ncn2[C@@H]2O[C@@H](CO)[C@@H](O)[C@H]2O)c(=O)[nH]1)c1ccccc1. The average molecular weight is 387 g/mol. The first-order valence-corrected chi connectivity index (χ1v) is 8.45. The Morgan fingerprint density at radius 2 is 2.00 bits per heavy atom. The van der Waals surface area contributed by atoms with E-state index in [4.69, 9.17) is 4.74 Å². The van der Waals surface area contributed by atoms with Crippen molar-refractivity contribution in [3.8, 4) is 0 Å². The van der Waals surface area contributed by atoms with Gasteiger partial charge in [-0.1, -0.05) is 18.2 Å². The molecule has 1 aliphatic rings. The number of hydrogen-bond donors (Lipinski definition) is 5. The maximum absolute atomic E-state index is 12.3. The Hall–Kier alpha value is -3.12. The molecular weight excluding hydrogens is 370 g/mol. The number of aliphatic hydroxyl groups excluding tert-OH is 3. The van der Waals surface area contributed by atoms with Crippen LogP contribution in [-0.4, -0.2) is 65.7 Å². The van der Waals surface area contributed by atoms with Gasteiger partial charge in [0.15, 0.2) is 17.4 Å². The first-order valence-electron chi connectivity index (χ1n) is 8.45. The lowest BCUT2D eigenvalue weighted by Gasteiger charge is -2.16. The number of rotatable bonds is 4. The van der Waals surface area contributed by atoms with E-state index in [1.54, 1.807) is 30.3 Å². The number of hydrogen-bond acceptors (Lipinski definition) is 8. The van der Waals surface area contributed by atoms with Crippen molar-refractivity contribution in [3.63, 3.8) is 0 Å². The number of fused-ring (bicyclic) bond motifs is 1. The minimum atomic E-state index is -1.36. The van der Waals surface area contributed by atoms with Crippen molar-refractivity contribution in [3.05, 3.63) is 52.6 Å². The van der Waals surface area contributed by atoms with Crippen molar-refractivity contribution in [2.45, 2.75) is 24.5 Å². The average Bonchev–Trinajstić information content (AvgIpc) is 3.24.